The zero-order chi connectivity index (χ0) is 21.8. The van der Waals surface area contributed by atoms with Crippen LogP contribution in [0.5, 0.6) is 0 Å². The lowest BCUT2D eigenvalue weighted by Gasteiger charge is -2.43. The van der Waals surface area contributed by atoms with Gasteiger partial charge in [-0.05, 0) is 43.0 Å². The minimum absolute atomic E-state index is 0.0238. The molecule has 1 saturated heterocycles. The fraction of sp³-hybridized carbons (Fsp3) is 0.259. The molecule has 4 heteroatoms. The van der Waals surface area contributed by atoms with Gasteiger partial charge in [-0.1, -0.05) is 78.9 Å². The zero-order valence-electron chi connectivity index (χ0n) is 17.8. The molecule has 0 saturated carbocycles. The number of primary amides is 1. The first-order valence-electron chi connectivity index (χ1n) is 10.8. The summed E-state index contributed by atoms with van der Waals surface area (Å²) in [5.74, 6) is -0.236. The van der Waals surface area contributed by atoms with E-state index in [9.17, 15) is 9.59 Å². The fourth-order valence-electron chi connectivity index (χ4n) is 4.88. The molecule has 1 heterocycles. The molecular formula is C27H28N2O2. The van der Waals surface area contributed by atoms with Gasteiger partial charge in [0.25, 0.3) is 0 Å². The van der Waals surface area contributed by atoms with Crippen molar-refractivity contribution in [2.75, 3.05) is 13.1 Å². The highest BCUT2D eigenvalue weighted by Crippen LogP contribution is 2.44. The third kappa shape index (κ3) is 4.04. The van der Waals surface area contributed by atoms with Crippen molar-refractivity contribution in [3.05, 3.63) is 107 Å². The molecule has 3 N–H and O–H groups in total. The van der Waals surface area contributed by atoms with Crippen molar-refractivity contribution < 1.29 is 9.59 Å². The summed E-state index contributed by atoms with van der Waals surface area (Å²) in [5, 5.41) is 3.47. The highest BCUT2D eigenvalue weighted by Gasteiger charge is 2.46. The van der Waals surface area contributed by atoms with Crippen LogP contribution in [0.25, 0.3) is 0 Å². The Morgan fingerprint density at radius 1 is 0.903 bits per heavy atom. The Hall–Kier alpha value is -3.24. The molecule has 3 unspecified atom stereocenters. The van der Waals surface area contributed by atoms with E-state index in [-0.39, 0.29) is 23.5 Å². The Bertz CT molecular complexity index is 1060. The van der Waals surface area contributed by atoms with E-state index >= 15 is 0 Å². The van der Waals surface area contributed by atoms with E-state index in [0.717, 1.165) is 25.1 Å². The molecule has 0 aromatic heterocycles. The Morgan fingerprint density at radius 3 is 2.23 bits per heavy atom. The Labute approximate surface area is 183 Å². The summed E-state index contributed by atoms with van der Waals surface area (Å²) in [5.41, 5.74) is 8.37. The average molecular weight is 413 g/mol. The van der Waals surface area contributed by atoms with Gasteiger partial charge in [0, 0.05) is 23.6 Å². The molecule has 31 heavy (non-hydrogen) atoms. The predicted octanol–water partition coefficient (Wildman–Crippen LogP) is 4.05. The summed E-state index contributed by atoms with van der Waals surface area (Å²) in [4.78, 5) is 26.0. The SMILES string of the molecule is CC(C(N)=O)(c1cccc(C(=O)c2ccccc2)c1)C1CCNCC1c1ccccc1. The first-order valence-corrected chi connectivity index (χ1v) is 10.8. The van der Waals surface area contributed by atoms with E-state index in [1.807, 2.05) is 61.5 Å². The van der Waals surface area contributed by atoms with Crippen LogP contribution in [0.4, 0.5) is 0 Å². The normalized spacial score (nSPS) is 20.5. The number of nitrogens with one attached hydrogen (secondary N) is 1. The van der Waals surface area contributed by atoms with Crippen LogP contribution in [0.3, 0.4) is 0 Å². The van der Waals surface area contributed by atoms with Gasteiger partial charge in [0.05, 0.1) is 5.41 Å². The second kappa shape index (κ2) is 8.86. The molecule has 0 spiro atoms. The largest absolute Gasteiger partial charge is 0.369 e. The lowest BCUT2D eigenvalue weighted by Crippen LogP contribution is -2.51. The molecule has 3 aromatic carbocycles. The summed E-state index contributed by atoms with van der Waals surface area (Å²) >= 11 is 0. The van der Waals surface area contributed by atoms with E-state index < -0.39 is 5.41 Å². The molecule has 3 atom stereocenters. The van der Waals surface area contributed by atoms with E-state index in [1.54, 1.807) is 18.2 Å². The summed E-state index contributed by atoms with van der Waals surface area (Å²) in [7, 11) is 0. The molecule has 4 rings (SSSR count). The van der Waals surface area contributed by atoms with Crippen LogP contribution in [-0.4, -0.2) is 24.8 Å². The lowest BCUT2D eigenvalue weighted by molar-refractivity contribution is -0.125. The average Bonchev–Trinajstić information content (AvgIpc) is 2.84. The van der Waals surface area contributed by atoms with E-state index in [0.29, 0.717) is 11.1 Å². The molecular weight excluding hydrogens is 384 g/mol. The molecule has 158 valence electrons. The molecule has 4 nitrogen and oxygen atoms in total. The highest BCUT2D eigenvalue weighted by molar-refractivity contribution is 6.09. The molecule has 1 amide bonds. The van der Waals surface area contributed by atoms with Gasteiger partial charge in [-0.2, -0.15) is 0 Å². The molecule has 3 aromatic rings. The molecule has 0 bridgehead atoms. The van der Waals surface area contributed by atoms with Crippen molar-refractivity contribution in [3.8, 4) is 0 Å². The number of amides is 1. The van der Waals surface area contributed by atoms with Crippen LogP contribution in [0.1, 0.15) is 46.3 Å². The van der Waals surface area contributed by atoms with Gasteiger partial charge in [0.15, 0.2) is 5.78 Å². The maximum Gasteiger partial charge on any atom is 0.228 e. The molecule has 1 aliphatic heterocycles. The quantitative estimate of drug-likeness (QED) is 0.600. The minimum atomic E-state index is -0.893. The van der Waals surface area contributed by atoms with Crippen molar-refractivity contribution in [1.29, 1.82) is 0 Å². The van der Waals surface area contributed by atoms with Gasteiger partial charge < -0.3 is 11.1 Å². The Balaban J connectivity index is 1.76. The fourth-order valence-corrected chi connectivity index (χ4v) is 4.88. The third-order valence-corrected chi connectivity index (χ3v) is 6.72. The van der Waals surface area contributed by atoms with Crippen LogP contribution >= 0.6 is 0 Å². The second-order valence-corrected chi connectivity index (χ2v) is 8.46. The minimum Gasteiger partial charge on any atom is -0.369 e. The Morgan fingerprint density at radius 2 is 1.55 bits per heavy atom. The van der Waals surface area contributed by atoms with E-state index in [2.05, 4.69) is 17.4 Å². The van der Waals surface area contributed by atoms with Gasteiger partial charge in [-0.15, -0.1) is 0 Å². The number of carbonyl (C=O) groups excluding carboxylic acids is 2. The maximum absolute atomic E-state index is 13.0. The van der Waals surface area contributed by atoms with Crippen LogP contribution < -0.4 is 11.1 Å². The van der Waals surface area contributed by atoms with E-state index in [1.165, 1.54) is 5.56 Å². The summed E-state index contributed by atoms with van der Waals surface area (Å²) in [6, 6.07) is 26.9. The number of benzene rings is 3. The smallest absolute Gasteiger partial charge is 0.228 e. The molecule has 1 fully saturated rings. The molecule has 0 radical (unpaired) electrons. The number of ketones is 1. The zero-order valence-corrected chi connectivity index (χ0v) is 17.8. The second-order valence-electron chi connectivity index (χ2n) is 8.46. The summed E-state index contributed by atoms with van der Waals surface area (Å²) < 4.78 is 0. The molecule has 0 aliphatic carbocycles. The van der Waals surface area contributed by atoms with E-state index in [4.69, 9.17) is 5.73 Å². The van der Waals surface area contributed by atoms with Crippen molar-refractivity contribution in [1.82, 2.24) is 5.32 Å². The predicted molar refractivity (Wildman–Crippen MR) is 123 cm³/mol. The lowest BCUT2D eigenvalue weighted by atomic mass is 9.62. The maximum atomic E-state index is 13.0. The topological polar surface area (TPSA) is 72.2 Å². The number of rotatable bonds is 6. The molecule has 1 aliphatic rings. The number of hydrogen-bond donors (Lipinski definition) is 2. The van der Waals surface area contributed by atoms with Crippen LogP contribution in [-0.2, 0) is 10.2 Å². The first kappa shape index (κ1) is 21.0. The third-order valence-electron chi connectivity index (χ3n) is 6.72. The van der Waals surface area contributed by atoms with Crippen molar-refractivity contribution in [2.24, 2.45) is 11.7 Å². The van der Waals surface area contributed by atoms with Crippen molar-refractivity contribution in [2.45, 2.75) is 24.7 Å². The number of nitrogens with two attached hydrogens (primary N) is 1. The van der Waals surface area contributed by atoms with Gasteiger partial charge in [-0.25, -0.2) is 0 Å². The van der Waals surface area contributed by atoms with Crippen molar-refractivity contribution >= 4 is 11.7 Å². The van der Waals surface area contributed by atoms with Crippen molar-refractivity contribution in [3.63, 3.8) is 0 Å². The number of hydrogen-bond acceptors (Lipinski definition) is 3. The number of carbonyl (C=O) groups is 2. The van der Waals surface area contributed by atoms with Gasteiger partial charge >= 0.3 is 0 Å². The van der Waals surface area contributed by atoms with Crippen LogP contribution in [0.2, 0.25) is 0 Å². The Kier molecular flexibility index (Phi) is 6.01. The van der Waals surface area contributed by atoms with Crippen LogP contribution in [0, 0.1) is 5.92 Å². The standard InChI is InChI=1S/C27H28N2O2/c1-27(26(28)31,24-15-16-29-18-23(24)19-9-4-2-5-10-19)22-14-8-13-21(17-22)25(30)20-11-6-3-7-12-20/h2-14,17,23-24,29H,15-16,18H2,1H3,(H2,28,31). The van der Waals surface area contributed by atoms with Gasteiger partial charge in [0.1, 0.15) is 0 Å². The van der Waals surface area contributed by atoms with Crippen LogP contribution in [0.15, 0.2) is 84.9 Å². The summed E-state index contributed by atoms with van der Waals surface area (Å²) in [6.07, 6.45) is 0.829. The number of piperidine rings is 1. The monoisotopic (exact) mass is 412 g/mol. The highest BCUT2D eigenvalue weighted by atomic mass is 16.1. The summed E-state index contributed by atoms with van der Waals surface area (Å²) in [6.45, 7) is 3.56. The van der Waals surface area contributed by atoms with Gasteiger partial charge in [0.2, 0.25) is 5.91 Å². The van der Waals surface area contributed by atoms with Gasteiger partial charge in [-0.3, -0.25) is 9.59 Å². The first-order chi connectivity index (χ1) is 15.0.